The van der Waals surface area contributed by atoms with E-state index in [0.29, 0.717) is 12.5 Å². The molecule has 0 unspecified atom stereocenters. The van der Waals surface area contributed by atoms with Crippen LogP contribution in [0.1, 0.15) is 39.0 Å². The van der Waals surface area contributed by atoms with E-state index in [0.717, 1.165) is 18.9 Å². The number of nitrogens with zero attached hydrogens (tertiary/aromatic N) is 2. The van der Waals surface area contributed by atoms with E-state index in [1.807, 2.05) is 6.92 Å². The Labute approximate surface area is 115 Å². The van der Waals surface area contributed by atoms with Gasteiger partial charge in [0.25, 0.3) is 0 Å². The van der Waals surface area contributed by atoms with Crippen LogP contribution in [0, 0.1) is 5.41 Å². The zero-order valence-electron chi connectivity index (χ0n) is 11.7. The smallest absolute Gasteiger partial charge is 0.234 e. The number of rotatable bonds is 6. The van der Waals surface area contributed by atoms with E-state index in [2.05, 4.69) is 15.3 Å². The van der Waals surface area contributed by atoms with Crippen LogP contribution in [0.4, 0.5) is 5.82 Å². The lowest BCUT2D eigenvalue weighted by atomic mass is 9.74. The van der Waals surface area contributed by atoms with Gasteiger partial charge in [-0.2, -0.15) is 4.98 Å². The lowest BCUT2D eigenvalue weighted by Crippen LogP contribution is -2.39. The molecule has 2 rings (SSSR count). The fraction of sp³-hybridized carbons (Fsp3) is 0.714. The molecule has 1 heterocycles. The lowest BCUT2D eigenvalue weighted by molar-refractivity contribution is 0.215. The number of hydrogen-bond acceptors (Lipinski definition) is 5. The van der Waals surface area contributed by atoms with Crippen molar-refractivity contribution in [3.8, 4) is 5.88 Å². The van der Waals surface area contributed by atoms with Gasteiger partial charge in [-0.25, -0.2) is 0 Å². The van der Waals surface area contributed by atoms with E-state index in [4.69, 9.17) is 10.5 Å². The first-order valence-electron chi connectivity index (χ1n) is 7.17. The molecule has 1 aromatic heterocycles. The summed E-state index contributed by atoms with van der Waals surface area (Å²) in [5.41, 5.74) is 6.20. The normalized spacial score (nSPS) is 18.0. The van der Waals surface area contributed by atoms with Crippen LogP contribution in [-0.2, 0) is 0 Å². The number of ether oxygens (including phenoxy) is 1. The molecule has 1 aliphatic carbocycles. The van der Waals surface area contributed by atoms with Crippen molar-refractivity contribution in [1.82, 2.24) is 9.97 Å². The molecule has 1 fully saturated rings. The van der Waals surface area contributed by atoms with Crippen LogP contribution in [0.5, 0.6) is 5.88 Å². The van der Waals surface area contributed by atoms with E-state index in [1.165, 1.54) is 32.1 Å². The Morgan fingerprint density at radius 1 is 1.32 bits per heavy atom. The second-order valence-corrected chi connectivity index (χ2v) is 5.29. The Morgan fingerprint density at radius 2 is 2.11 bits per heavy atom. The third-order valence-electron chi connectivity index (χ3n) is 3.90. The molecule has 3 N–H and O–H groups in total. The largest absolute Gasteiger partial charge is 0.477 e. The Balaban J connectivity index is 1.94. The molecule has 0 atom stereocenters. The Kier molecular flexibility index (Phi) is 4.96. The highest BCUT2D eigenvalue weighted by Crippen LogP contribution is 2.35. The van der Waals surface area contributed by atoms with E-state index < -0.39 is 0 Å². The summed E-state index contributed by atoms with van der Waals surface area (Å²) in [5, 5.41) is 3.37. The first kappa shape index (κ1) is 14.1. The molecule has 0 spiro atoms. The van der Waals surface area contributed by atoms with E-state index >= 15 is 0 Å². The van der Waals surface area contributed by atoms with Gasteiger partial charge in [-0.1, -0.05) is 19.3 Å². The minimum Gasteiger partial charge on any atom is -0.477 e. The van der Waals surface area contributed by atoms with Crippen molar-refractivity contribution < 1.29 is 4.74 Å². The first-order valence-corrected chi connectivity index (χ1v) is 7.17. The highest BCUT2D eigenvalue weighted by molar-refractivity contribution is 5.33. The standard InChI is InChI=1S/C14H24N4O/c1-2-19-13-9-16-8-12(18-13)17-11-14(10-15)6-4-3-5-7-14/h8-9H,2-7,10-11,15H2,1H3,(H,17,18). The molecule has 0 bridgehead atoms. The number of anilines is 1. The molecular weight excluding hydrogens is 240 g/mol. The van der Waals surface area contributed by atoms with Crippen LogP contribution < -0.4 is 15.8 Å². The maximum atomic E-state index is 5.98. The van der Waals surface area contributed by atoms with Gasteiger partial charge in [-0.15, -0.1) is 0 Å². The van der Waals surface area contributed by atoms with Gasteiger partial charge < -0.3 is 15.8 Å². The average Bonchev–Trinajstić information content (AvgIpc) is 2.47. The molecule has 1 aromatic rings. The Morgan fingerprint density at radius 3 is 2.79 bits per heavy atom. The summed E-state index contributed by atoms with van der Waals surface area (Å²) in [5.74, 6) is 1.34. The number of aromatic nitrogens is 2. The first-order chi connectivity index (χ1) is 9.28. The predicted molar refractivity (Wildman–Crippen MR) is 76.3 cm³/mol. The van der Waals surface area contributed by atoms with Crippen molar-refractivity contribution in [3.63, 3.8) is 0 Å². The number of nitrogens with two attached hydrogens (primary N) is 1. The molecule has 1 aliphatic rings. The van der Waals surface area contributed by atoms with Crippen LogP contribution in [0.15, 0.2) is 12.4 Å². The van der Waals surface area contributed by atoms with Crippen LogP contribution in [-0.4, -0.2) is 29.7 Å². The van der Waals surface area contributed by atoms with Gasteiger partial charge in [-0.3, -0.25) is 4.98 Å². The number of hydrogen-bond donors (Lipinski definition) is 2. The van der Waals surface area contributed by atoms with Crippen molar-refractivity contribution in [2.45, 2.75) is 39.0 Å². The molecule has 19 heavy (non-hydrogen) atoms. The van der Waals surface area contributed by atoms with Crippen LogP contribution in [0.3, 0.4) is 0 Å². The van der Waals surface area contributed by atoms with Crippen molar-refractivity contribution in [2.75, 3.05) is 25.0 Å². The average molecular weight is 264 g/mol. The third-order valence-corrected chi connectivity index (χ3v) is 3.90. The maximum Gasteiger partial charge on any atom is 0.234 e. The van der Waals surface area contributed by atoms with E-state index in [1.54, 1.807) is 12.4 Å². The van der Waals surface area contributed by atoms with Gasteiger partial charge >= 0.3 is 0 Å². The van der Waals surface area contributed by atoms with Gasteiger partial charge in [0.15, 0.2) is 0 Å². The second-order valence-electron chi connectivity index (χ2n) is 5.29. The van der Waals surface area contributed by atoms with Gasteiger partial charge in [0.1, 0.15) is 5.82 Å². The lowest BCUT2D eigenvalue weighted by Gasteiger charge is -2.36. The molecule has 106 valence electrons. The fourth-order valence-corrected chi connectivity index (χ4v) is 2.68. The summed E-state index contributed by atoms with van der Waals surface area (Å²) in [7, 11) is 0. The van der Waals surface area contributed by atoms with E-state index in [9.17, 15) is 0 Å². The molecule has 0 radical (unpaired) electrons. The zero-order valence-corrected chi connectivity index (χ0v) is 11.7. The Hall–Kier alpha value is -1.36. The molecule has 5 heteroatoms. The van der Waals surface area contributed by atoms with Crippen LogP contribution >= 0.6 is 0 Å². The molecule has 5 nitrogen and oxygen atoms in total. The summed E-state index contributed by atoms with van der Waals surface area (Å²) in [6.07, 6.45) is 9.67. The number of nitrogens with one attached hydrogen (secondary N) is 1. The van der Waals surface area contributed by atoms with Crippen molar-refractivity contribution in [2.24, 2.45) is 11.1 Å². The minimum atomic E-state index is 0.224. The van der Waals surface area contributed by atoms with Gasteiger partial charge in [0.2, 0.25) is 5.88 Å². The second kappa shape index (κ2) is 6.70. The van der Waals surface area contributed by atoms with Gasteiger partial charge in [-0.05, 0) is 31.7 Å². The highest BCUT2D eigenvalue weighted by atomic mass is 16.5. The maximum absolute atomic E-state index is 5.98. The molecular formula is C14H24N4O. The highest BCUT2D eigenvalue weighted by Gasteiger charge is 2.30. The van der Waals surface area contributed by atoms with Crippen LogP contribution in [0.25, 0.3) is 0 Å². The molecule has 0 amide bonds. The summed E-state index contributed by atoms with van der Waals surface area (Å²) in [4.78, 5) is 8.51. The third kappa shape index (κ3) is 3.80. The molecule has 0 saturated heterocycles. The zero-order chi connectivity index (χ0) is 13.6. The summed E-state index contributed by atoms with van der Waals surface area (Å²) < 4.78 is 5.35. The minimum absolute atomic E-state index is 0.224. The predicted octanol–water partition coefficient (Wildman–Crippen LogP) is 2.20. The van der Waals surface area contributed by atoms with E-state index in [-0.39, 0.29) is 5.41 Å². The van der Waals surface area contributed by atoms with Gasteiger partial charge in [0.05, 0.1) is 19.0 Å². The molecule has 0 aromatic carbocycles. The molecule has 0 aliphatic heterocycles. The van der Waals surface area contributed by atoms with Crippen LogP contribution in [0.2, 0.25) is 0 Å². The summed E-state index contributed by atoms with van der Waals surface area (Å²) >= 11 is 0. The molecule has 1 saturated carbocycles. The van der Waals surface area contributed by atoms with Gasteiger partial charge in [0, 0.05) is 6.54 Å². The fourth-order valence-electron chi connectivity index (χ4n) is 2.68. The quantitative estimate of drug-likeness (QED) is 0.824. The Bertz CT molecular complexity index is 391. The SMILES string of the molecule is CCOc1cncc(NCC2(CN)CCCCC2)n1. The van der Waals surface area contributed by atoms with Crippen molar-refractivity contribution >= 4 is 5.82 Å². The summed E-state index contributed by atoms with van der Waals surface area (Å²) in [6, 6.07) is 0. The summed E-state index contributed by atoms with van der Waals surface area (Å²) in [6.45, 7) is 4.14. The van der Waals surface area contributed by atoms with Crippen molar-refractivity contribution in [3.05, 3.63) is 12.4 Å². The van der Waals surface area contributed by atoms with Crippen molar-refractivity contribution in [1.29, 1.82) is 0 Å². The monoisotopic (exact) mass is 264 g/mol. The topological polar surface area (TPSA) is 73.1 Å².